The smallest absolute Gasteiger partial charge is 0.269 e. The molecule has 0 spiro atoms. The van der Waals surface area contributed by atoms with E-state index < -0.39 is 5.91 Å². The normalized spacial score (nSPS) is 10.6. The van der Waals surface area contributed by atoms with Gasteiger partial charge < -0.3 is 0 Å². The molecule has 0 aliphatic rings. The fourth-order valence-corrected chi connectivity index (χ4v) is 2.79. The van der Waals surface area contributed by atoms with Crippen LogP contribution in [0.5, 0.6) is 0 Å². The number of hydrogen-bond acceptors (Lipinski definition) is 3. The maximum Gasteiger partial charge on any atom is 0.269 e. The van der Waals surface area contributed by atoms with Gasteiger partial charge in [0.1, 0.15) is 0 Å². The predicted octanol–water partition coefficient (Wildman–Crippen LogP) is 3.50. The van der Waals surface area contributed by atoms with Crippen LogP contribution in [0.1, 0.15) is 21.5 Å². The highest BCUT2D eigenvalue weighted by atomic mass is 32.1. The van der Waals surface area contributed by atoms with Crippen LogP contribution in [-0.4, -0.2) is 16.9 Å². The number of hydrogen-bond donors (Lipinski definition) is 3. The van der Waals surface area contributed by atoms with Crippen molar-refractivity contribution in [3.63, 3.8) is 0 Å². The molecule has 28 heavy (non-hydrogen) atoms. The van der Waals surface area contributed by atoms with Crippen LogP contribution in [0.15, 0.2) is 72.8 Å². The molecule has 0 saturated heterocycles. The highest BCUT2D eigenvalue weighted by Crippen LogP contribution is 2.19. The van der Waals surface area contributed by atoms with Gasteiger partial charge in [-0.05, 0) is 53.7 Å². The molecule has 0 saturated carbocycles. The maximum atomic E-state index is 12.1. The van der Waals surface area contributed by atoms with Gasteiger partial charge in [-0.25, -0.2) is 0 Å². The summed E-state index contributed by atoms with van der Waals surface area (Å²) in [4.78, 5) is 24.1. The number of carbonyl (C=O) groups is 2. The Morgan fingerprint density at radius 3 is 2.39 bits per heavy atom. The quantitative estimate of drug-likeness (QED) is 0.364. The van der Waals surface area contributed by atoms with Crippen molar-refractivity contribution in [3.05, 3.63) is 89.5 Å². The summed E-state index contributed by atoms with van der Waals surface area (Å²) in [5.74, 6) is -0.738. The summed E-state index contributed by atoms with van der Waals surface area (Å²) in [5, 5.41) is 4.66. The molecule has 0 fully saturated rings. The number of nitrogens with one attached hydrogen (secondary N) is 3. The first-order chi connectivity index (χ1) is 13.5. The first-order valence-corrected chi connectivity index (χ1v) is 9.07. The number of benzene rings is 3. The lowest BCUT2D eigenvalue weighted by molar-refractivity contribution is -0.115. The average molecular weight is 389 g/mol. The Balaban J connectivity index is 1.54. The van der Waals surface area contributed by atoms with Gasteiger partial charge in [0.25, 0.3) is 5.91 Å². The van der Waals surface area contributed by atoms with Gasteiger partial charge in [-0.3, -0.25) is 25.8 Å². The zero-order chi connectivity index (χ0) is 19.9. The number of fused-ring (bicyclic) bond motifs is 1. The Morgan fingerprint density at radius 2 is 1.61 bits per heavy atom. The van der Waals surface area contributed by atoms with E-state index >= 15 is 0 Å². The second-order valence-electron chi connectivity index (χ2n) is 6.17. The van der Waals surface area contributed by atoms with Crippen LogP contribution in [-0.2, 0) is 4.79 Å². The van der Waals surface area contributed by atoms with Gasteiger partial charge in [0, 0.05) is 11.6 Å². The molecular weight excluding hydrogens is 370 g/mol. The topological polar surface area (TPSA) is 70.2 Å². The molecule has 3 rings (SSSR count). The van der Waals surface area contributed by atoms with Gasteiger partial charge in [-0.2, -0.15) is 0 Å². The van der Waals surface area contributed by atoms with Crippen LogP contribution in [0.2, 0.25) is 0 Å². The third-order valence-corrected chi connectivity index (χ3v) is 4.28. The fraction of sp³-hybridized carbons (Fsp3) is 0.0455. The van der Waals surface area contributed by atoms with Crippen molar-refractivity contribution in [3.8, 4) is 0 Å². The second kappa shape index (κ2) is 8.92. The molecule has 3 aromatic rings. The van der Waals surface area contributed by atoms with Crippen molar-refractivity contribution in [1.29, 1.82) is 0 Å². The lowest BCUT2D eigenvalue weighted by atomic mass is 10.0. The summed E-state index contributed by atoms with van der Waals surface area (Å²) in [6, 6.07) is 20.9. The highest BCUT2D eigenvalue weighted by molar-refractivity contribution is 7.80. The van der Waals surface area contributed by atoms with Crippen LogP contribution in [0.3, 0.4) is 0 Å². The summed E-state index contributed by atoms with van der Waals surface area (Å²) in [6.45, 7) is 1.94. The molecule has 0 unspecified atom stereocenters. The van der Waals surface area contributed by atoms with E-state index in [2.05, 4.69) is 16.2 Å². The van der Waals surface area contributed by atoms with Crippen LogP contribution < -0.4 is 16.2 Å². The highest BCUT2D eigenvalue weighted by Gasteiger charge is 2.06. The average Bonchev–Trinajstić information content (AvgIpc) is 2.71. The Morgan fingerprint density at radius 1 is 0.893 bits per heavy atom. The molecule has 3 N–H and O–H groups in total. The minimum absolute atomic E-state index is 0.00744. The van der Waals surface area contributed by atoms with E-state index in [0.717, 1.165) is 21.9 Å². The van der Waals surface area contributed by atoms with E-state index in [1.54, 1.807) is 18.2 Å². The summed E-state index contributed by atoms with van der Waals surface area (Å²) in [6.07, 6.45) is 3.13. The Hall–Kier alpha value is -3.51. The molecule has 0 aliphatic heterocycles. The van der Waals surface area contributed by atoms with Gasteiger partial charge in [0.15, 0.2) is 5.11 Å². The molecule has 0 radical (unpaired) electrons. The first-order valence-electron chi connectivity index (χ1n) is 8.67. The monoisotopic (exact) mass is 389 g/mol. The molecule has 6 heteroatoms. The molecular formula is C22H19N3O2S. The Labute approximate surface area is 168 Å². The van der Waals surface area contributed by atoms with E-state index in [0.29, 0.717) is 5.56 Å². The minimum Gasteiger partial charge on any atom is -0.298 e. The lowest BCUT2D eigenvalue weighted by Crippen LogP contribution is -2.48. The molecule has 0 heterocycles. The Kier molecular flexibility index (Phi) is 6.14. The van der Waals surface area contributed by atoms with Crippen LogP contribution >= 0.6 is 12.2 Å². The number of hydrazine groups is 1. The minimum atomic E-state index is -0.394. The number of aryl methyl sites for hydroxylation is 1. The summed E-state index contributed by atoms with van der Waals surface area (Å²) < 4.78 is 0. The van der Waals surface area contributed by atoms with Crippen molar-refractivity contribution < 1.29 is 9.59 Å². The molecule has 140 valence electrons. The van der Waals surface area contributed by atoms with E-state index in [1.807, 2.05) is 61.5 Å². The van der Waals surface area contributed by atoms with E-state index in [-0.39, 0.29) is 11.0 Å². The molecule has 0 bridgehead atoms. The van der Waals surface area contributed by atoms with Gasteiger partial charge in [-0.1, -0.05) is 60.2 Å². The molecule has 0 aliphatic carbocycles. The SMILES string of the molecule is Cc1ccc(C(=O)NNC(=S)NC(=O)/C=C/c2cccc3ccccc23)cc1. The Bertz CT molecular complexity index is 1050. The number of rotatable bonds is 3. The number of thiocarbonyl (C=S) groups is 1. The molecule has 0 atom stereocenters. The van der Waals surface area contributed by atoms with Crippen molar-refractivity contribution in [1.82, 2.24) is 16.2 Å². The van der Waals surface area contributed by atoms with Crippen molar-refractivity contribution in [2.24, 2.45) is 0 Å². The number of carbonyl (C=O) groups excluding carboxylic acids is 2. The second-order valence-corrected chi connectivity index (χ2v) is 6.57. The first kappa shape index (κ1) is 19.3. The third kappa shape index (κ3) is 5.02. The predicted molar refractivity (Wildman–Crippen MR) is 116 cm³/mol. The van der Waals surface area contributed by atoms with Crippen LogP contribution in [0.25, 0.3) is 16.8 Å². The van der Waals surface area contributed by atoms with E-state index in [1.165, 1.54) is 6.08 Å². The van der Waals surface area contributed by atoms with Gasteiger partial charge in [-0.15, -0.1) is 0 Å². The van der Waals surface area contributed by atoms with E-state index in [9.17, 15) is 9.59 Å². The third-order valence-electron chi connectivity index (χ3n) is 4.08. The fourth-order valence-electron chi connectivity index (χ4n) is 2.64. The molecule has 2 amide bonds. The standard InChI is InChI=1S/C22H19N3O2S/c1-15-9-11-18(12-10-15)21(27)24-25-22(28)23-20(26)14-13-17-7-4-6-16-5-2-3-8-19(16)17/h2-14H,1H3,(H,24,27)(H2,23,25,26,28)/b14-13+. The molecule has 5 nitrogen and oxygen atoms in total. The van der Waals surface area contributed by atoms with E-state index in [4.69, 9.17) is 12.2 Å². The molecule has 0 aromatic heterocycles. The van der Waals surface area contributed by atoms with Gasteiger partial charge >= 0.3 is 0 Å². The zero-order valence-electron chi connectivity index (χ0n) is 15.2. The van der Waals surface area contributed by atoms with Gasteiger partial charge in [0.05, 0.1) is 0 Å². The van der Waals surface area contributed by atoms with Crippen molar-refractivity contribution in [2.75, 3.05) is 0 Å². The summed E-state index contributed by atoms with van der Waals surface area (Å²) in [5.41, 5.74) is 7.45. The molecule has 3 aromatic carbocycles. The van der Waals surface area contributed by atoms with Crippen LogP contribution in [0, 0.1) is 6.92 Å². The van der Waals surface area contributed by atoms with Crippen molar-refractivity contribution >= 4 is 46.0 Å². The van der Waals surface area contributed by atoms with Gasteiger partial charge in [0.2, 0.25) is 5.91 Å². The van der Waals surface area contributed by atoms with Crippen LogP contribution in [0.4, 0.5) is 0 Å². The summed E-state index contributed by atoms with van der Waals surface area (Å²) in [7, 11) is 0. The zero-order valence-corrected chi connectivity index (χ0v) is 16.0. The van der Waals surface area contributed by atoms with Crippen molar-refractivity contribution in [2.45, 2.75) is 6.92 Å². The lowest BCUT2D eigenvalue weighted by Gasteiger charge is -2.10. The largest absolute Gasteiger partial charge is 0.298 e. The summed E-state index contributed by atoms with van der Waals surface area (Å²) >= 11 is 5.04. The number of amides is 2. The maximum absolute atomic E-state index is 12.1.